The van der Waals surface area contributed by atoms with E-state index >= 15 is 0 Å². The number of nitrogens with two attached hydrogens (primary N) is 1. The molecule has 17 heavy (non-hydrogen) atoms. The molecule has 0 bridgehead atoms. The fourth-order valence-electron chi connectivity index (χ4n) is 2.06. The first-order chi connectivity index (χ1) is 8.20. The lowest BCUT2D eigenvalue weighted by molar-refractivity contribution is 0.700. The van der Waals surface area contributed by atoms with E-state index < -0.39 is 0 Å². The van der Waals surface area contributed by atoms with Gasteiger partial charge in [-0.05, 0) is 24.5 Å². The van der Waals surface area contributed by atoms with Crippen molar-refractivity contribution >= 4 is 11.3 Å². The maximum Gasteiger partial charge on any atom is 0.0897 e. The predicted octanol–water partition coefficient (Wildman–Crippen LogP) is 3.26. The molecule has 0 fully saturated rings. The number of hydrogen-bond donors (Lipinski definition) is 1. The van der Waals surface area contributed by atoms with Crippen LogP contribution in [0.3, 0.4) is 0 Å². The summed E-state index contributed by atoms with van der Waals surface area (Å²) >= 11 is 1.68. The number of aryl methyl sites for hydroxylation is 2. The predicted molar refractivity (Wildman–Crippen MR) is 73.3 cm³/mol. The zero-order valence-electron chi connectivity index (χ0n) is 10.3. The van der Waals surface area contributed by atoms with E-state index in [0.29, 0.717) is 0 Å². The van der Waals surface area contributed by atoms with Gasteiger partial charge in [0.2, 0.25) is 0 Å². The molecule has 0 saturated carbocycles. The maximum absolute atomic E-state index is 6.28. The number of nitrogens with zero attached hydrogens (tertiary/aromatic N) is 1. The number of aromatic nitrogens is 1. The van der Waals surface area contributed by atoms with Crippen LogP contribution in [0.5, 0.6) is 0 Å². The molecule has 1 aromatic carbocycles. The van der Waals surface area contributed by atoms with Crippen LogP contribution >= 0.6 is 11.3 Å². The Morgan fingerprint density at radius 2 is 2.12 bits per heavy atom. The van der Waals surface area contributed by atoms with Crippen LogP contribution in [0, 0.1) is 6.92 Å². The summed E-state index contributed by atoms with van der Waals surface area (Å²) in [5.74, 6) is 0. The minimum absolute atomic E-state index is 0.0487. The molecule has 0 aliphatic carbocycles. The highest BCUT2D eigenvalue weighted by Crippen LogP contribution is 2.21. The van der Waals surface area contributed by atoms with Crippen LogP contribution < -0.4 is 5.73 Å². The smallest absolute Gasteiger partial charge is 0.0897 e. The number of rotatable bonds is 4. The van der Waals surface area contributed by atoms with Gasteiger partial charge >= 0.3 is 0 Å². The highest BCUT2D eigenvalue weighted by molar-refractivity contribution is 7.09. The van der Waals surface area contributed by atoms with E-state index in [1.807, 2.05) is 6.92 Å². The Kier molecular flexibility index (Phi) is 3.92. The minimum Gasteiger partial charge on any atom is -0.324 e. The zero-order chi connectivity index (χ0) is 12.3. The van der Waals surface area contributed by atoms with Gasteiger partial charge in [0.1, 0.15) is 0 Å². The van der Waals surface area contributed by atoms with Crippen molar-refractivity contribution in [1.82, 2.24) is 4.98 Å². The van der Waals surface area contributed by atoms with Crippen LogP contribution in [0.15, 0.2) is 29.6 Å². The first kappa shape index (κ1) is 12.3. The molecule has 0 amide bonds. The van der Waals surface area contributed by atoms with Crippen LogP contribution in [0.1, 0.15) is 34.8 Å². The van der Waals surface area contributed by atoms with Crippen LogP contribution in [0.4, 0.5) is 0 Å². The van der Waals surface area contributed by atoms with E-state index in [-0.39, 0.29) is 6.04 Å². The third kappa shape index (κ3) is 2.93. The Labute approximate surface area is 107 Å². The van der Waals surface area contributed by atoms with E-state index in [9.17, 15) is 0 Å². The van der Waals surface area contributed by atoms with Crippen molar-refractivity contribution < 1.29 is 0 Å². The van der Waals surface area contributed by atoms with Gasteiger partial charge in [-0.15, -0.1) is 11.3 Å². The Hall–Kier alpha value is -1.19. The van der Waals surface area contributed by atoms with Crippen LogP contribution in [0.2, 0.25) is 0 Å². The standard InChI is InChI=1S/C14H18N2S/c1-3-11-6-4-5-7-13(11)14(15)8-12-9-17-10(2)16-12/h4-7,9,14H,3,8,15H2,1-2H3. The fourth-order valence-corrected chi connectivity index (χ4v) is 2.68. The first-order valence-electron chi connectivity index (χ1n) is 5.95. The lowest BCUT2D eigenvalue weighted by Crippen LogP contribution is -2.15. The van der Waals surface area contributed by atoms with Crippen molar-refractivity contribution in [3.05, 3.63) is 51.5 Å². The normalized spacial score (nSPS) is 12.6. The van der Waals surface area contributed by atoms with Gasteiger partial charge in [-0.2, -0.15) is 0 Å². The third-order valence-electron chi connectivity index (χ3n) is 2.93. The van der Waals surface area contributed by atoms with E-state index in [4.69, 9.17) is 5.73 Å². The monoisotopic (exact) mass is 246 g/mol. The summed E-state index contributed by atoms with van der Waals surface area (Å²) in [5.41, 5.74) is 9.97. The molecular formula is C14H18N2S. The van der Waals surface area contributed by atoms with Gasteiger partial charge in [0.05, 0.1) is 10.7 Å². The van der Waals surface area contributed by atoms with E-state index in [1.54, 1.807) is 11.3 Å². The zero-order valence-corrected chi connectivity index (χ0v) is 11.1. The Balaban J connectivity index is 2.16. The lowest BCUT2D eigenvalue weighted by Gasteiger charge is -2.14. The van der Waals surface area contributed by atoms with Crippen molar-refractivity contribution in [2.75, 3.05) is 0 Å². The molecule has 1 heterocycles. The van der Waals surface area contributed by atoms with E-state index in [0.717, 1.165) is 23.5 Å². The molecular weight excluding hydrogens is 228 g/mol. The van der Waals surface area contributed by atoms with Gasteiger partial charge in [0.25, 0.3) is 0 Å². The molecule has 0 aliphatic heterocycles. The summed E-state index contributed by atoms with van der Waals surface area (Å²) in [5, 5.41) is 3.21. The van der Waals surface area contributed by atoms with Crippen molar-refractivity contribution in [2.24, 2.45) is 5.73 Å². The topological polar surface area (TPSA) is 38.9 Å². The Bertz CT molecular complexity index is 490. The summed E-state index contributed by atoms with van der Waals surface area (Å²) in [4.78, 5) is 4.47. The van der Waals surface area contributed by atoms with Crippen molar-refractivity contribution in [2.45, 2.75) is 32.7 Å². The third-order valence-corrected chi connectivity index (χ3v) is 3.75. The van der Waals surface area contributed by atoms with Crippen LogP contribution in [-0.2, 0) is 12.8 Å². The summed E-state index contributed by atoms with van der Waals surface area (Å²) in [6.45, 7) is 4.19. The van der Waals surface area contributed by atoms with Gasteiger partial charge in [-0.3, -0.25) is 0 Å². The first-order valence-corrected chi connectivity index (χ1v) is 6.83. The molecule has 90 valence electrons. The summed E-state index contributed by atoms with van der Waals surface area (Å²) in [7, 11) is 0. The van der Waals surface area contributed by atoms with Gasteiger partial charge < -0.3 is 5.73 Å². The van der Waals surface area contributed by atoms with Gasteiger partial charge in [-0.1, -0.05) is 31.2 Å². The van der Waals surface area contributed by atoms with Gasteiger partial charge in [0.15, 0.2) is 0 Å². The number of hydrogen-bond acceptors (Lipinski definition) is 3. The molecule has 0 saturated heterocycles. The summed E-state index contributed by atoms with van der Waals surface area (Å²) < 4.78 is 0. The van der Waals surface area contributed by atoms with Crippen LogP contribution in [-0.4, -0.2) is 4.98 Å². The number of thiazole rings is 1. The SMILES string of the molecule is CCc1ccccc1C(N)Cc1csc(C)n1. The molecule has 1 atom stereocenters. The largest absolute Gasteiger partial charge is 0.324 e. The highest BCUT2D eigenvalue weighted by Gasteiger charge is 2.11. The van der Waals surface area contributed by atoms with Crippen molar-refractivity contribution in [1.29, 1.82) is 0 Å². The Morgan fingerprint density at radius 1 is 1.35 bits per heavy atom. The summed E-state index contributed by atoms with van der Waals surface area (Å²) in [6.07, 6.45) is 1.85. The summed E-state index contributed by atoms with van der Waals surface area (Å²) in [6, 6.07) is 8.46. The molecule has 1 aromatic heterocycles. The molecule has 2 aromatic rings. The van der Waals surface area contributed by atoms with Crippen LogP contribution in [0.25, 0.3) is 0 Å². The molecule has 1 unspecified atom stereocenters. The van der Waals surface area contributed by atoms with Crippen molar-refractivity contribution in [3.63, 3.8) is 0 Å². The second-order valence-corrected chi connectivity index (χ2v) is 5.28. The molecule has 0 spiro atoms. The molecule has 0 aliphatic rings. The average Bonchev–Trinajstić information content (AvgIpc) is 2.74. The van der Waals surface area contributed by atoms with Crippen molar-refractivity contribution in [3.8, 4) is 0 Å². The molecule has 0 radical (unpaired) electrons. The second kappa shape index (κ2) is 5.43. The minimum atomic E-state index is 0.0487. The average molecular weight is 246 g/mol. The fraction of sp³-hybridized carbons (Fsp3) is 0.357. The van der Waals surface area contributed by atoms with E-state index in [2.05, 4.69) is 41.6 Å². The molecule has 2 nitrogen and oxygen atoms in total. The maximum atomic E-state index is 6.28. The quantitative estimate of drug-likeness (QED) is 0.899. The highest BCUT2D eigenvalue weighted by atomic mass is 32.1. The van der Waals surface area contributed by atoms with E-state index in [1.165, 1.54) is 11.1 Å². The number of benzene rings is 1. The van der Waals surface area contributed by atoms with Gasteiger partial charge in [-0.25, -0.2) is 4.98 Å². The molecule has 2 N–H and O–H groups in total. The lowest BCUT2D eigenvalue weighted by atomic mass is 9.96. The Morgan fingerprint density at radius 3 is 2.76 bits per heavy atom. The second-order valence-electron chi connectivity index (χ2n) is 4.22. The molecule has 3 heteroatoms. The molecule has 2 rings (SSSR count). The van der Waals surface area contributed by atoms with Gasteiger partial charge in [0, 0.05) is 17.8 Å².